The van der Waals surface area contributed by atoms with Gasteiger partial charge in [0.05, 0.1) is 22.6 Å². The molecule has 1 N–H and O–H groups in total. The Morgan fingerprint density at radius 2 is 1.89 bits per heavy atom. The highest BCUT2D eigenvalue weighted by Gasteiger charge is 2.47. The Morgan fingerprint density at radius 3 is 2.46 bits per heavy atom. The second-order valence-corrected chi connectivity index (χ2v) is 10.1. The zero-order valence-electron chi connectivity index (χ0n) is 17.4. The number of hydrogen-bond acceptors (Lipinski definition) is 3. The molecule has 5 nitrogen and oxygen atoms in total. The summed E-state index contributed by atoms with van der Waals surface area (Å²) in [6.45, 7) is 8.13. The highest BCUT2D eigenvalue weighted by atomic mass is 32.1. The zero-order valence-corrected chi connectivity index (χ0v) is 18.2. The molecule has 2 atom stereocenters. The molecule has 1 saturated carbocycles. The van der Waals surface area contributed by atoms with Gasteiger partial charge in [-0.25, -0.2) is 9.59 Å². The monoisotopic (exact) mass is 402 g/mol. The van der Waals surface area contributed by atoms with Gasteiger partial charge in [-0.1, -0.05) is 31.1 Å². The van der Waals surface area contributed by atoms with Crippen molar-refractivity contribution in [1.29, 1.82) is 0 Å². The minimum absolute atomic E-state index is 0.00826. The van der Waals surface area contributed by atoms with Crippen molar-refractivity contribution in [3.8, 4) is 11.8 Å². The highest BCUT2D eigenvalue weighted by Crippen LogP contribution is 2.41. The number of urea groups is 1. The predicted octanol–water partition coefficient (Wildman–Crippen LogP) is 5.05. The van der Waals surface area contributed by atoms with E-state index in [1.807, 2.05) is 27.8 Å². The van der Waals surface area contributed by atoms with E-state index in [4.69, 9.17) is 0 Å². The molecule has 1 aromatic rings. The van der Waals surface area contributed by atoms with Crippen LogP contribution in [0.2, 0.25) is 0 Å². The summed E-state index contributed by atoms with van der Waals surface area (Å²) in [5, 5.41) is 9.79. The number of carboxylic acid groups (broad SMARTS) is 1. The Balaban J connectivity index is 2.05. The van der Waals surface area contributed by atoms with Gasteiger partial charge in [0.2, 0.25) is 0 Å². The van der Waals surface area contributed by atoms with Gasteiger partial charge in [0, 0.05) is 12.5 Å². The lowest BCUT2D eigenvalue weighted by Gasteiger charge is -2.34. The van der Waals surface area contributed by atoms with Gasteiger partial charge in [-0.3, -0.25) is 4.90 Å². The van der Waals surface area contributed by atoms with E-state index in [1.165, 1.54) is 19.3 Å². The van der Waals surface area contributed by atoms with Crippen LogP contribution < -0.4 is 4.90 Å². The van der Waals surface area contributed by atoms with Crippen molar-refractivity contribution in [3.05, 3.63) is 15.8 Å². The van der Waals surface area contributed by atoms with Crippen LogP contribution in [0.25, 0.3) is 0 Å². The molecule has 0 unspecified atom stereocenters. The van der Waals surface area contributed by atoms with Crippen LogP contribution in [0.1, 0.15) is 74.3 Å². The number of amides is 2. The Bertz CT molecular complexity index is 821. The molecule has 1 aliphatic carbocycles. The SMILES string of the molecule is C[C@H]1[C@@H](C2CCCCC2)N(c2cc(C#CC(C)(C)C)sc2C(=O)O)C(=O)N1C. The number of nitrogens with zero attached hydrogens (tertiary/aromatic N) is 2. The molecule has 0 bridgehead atoms. The Morgan fingerprint density at radius 1 is 1.25 bits per heavy atom. The maximum Gasteiger partial charge on any atom is 0.348 e. The van der Waals surface area contributed by atoms with Gasteiger partial charge in [-0.05, 0) is 52.5 Å². The fraction of sp³-hybridized carbons (Fsp3) is 0.636. The number of anilines is 1. The van der Waals surface area contributed by atoms with Crippen molar-refractivity contribution in [3.63, 3.8) is 0 Å². The summed E-state index contributed by atoms with van der Waals surface area (Å²) >= 11 is 1.16. The van der Waals surface area contributed by atoms with E-state index in [1.54, 1.807) is 15.9 Å². The predicted molar refractivity (Wildman–Crippen MR) is 113 cm³/mol. The van der Waals surface area contributed by atoms with Gasteiger partial charge in [-0.2, -0.15) is 0 Å². The fourth-order valence-electron chi connectivity index (χ4n) is 4.28. The van der Waals surface area contributed by atoms with E-state index in [2.05, 4.69) is 18.8 Å². The molecule has 1 saturated heterocycles. The molecule has 152 valence electrons. The molecule has 0 spiro atoms. The molecule has 6 heteroatoms. The normalized spacial score (nSPS) is 23.7. The summed E-state index contributed by atoms with van der Waals surface area (Å²) in [5.41, 5.74) is 0.337. The number of hydrogen-bond donors (Lipinski definition) is 1. The number of carbonyl (C=O) groups is 2. The van der Waals surface area contributed by atoms with E-state index in [0.29, 0.717) is 16.5 Å². The van der Waals surface area contributed by atoms with Crippen molar-refractivity contribution < 1.29 is 14.7 Å². The van der Waals surface area contributed by atoms with Crippen molar-refractivity contribution in [1.82, 2.24) is 4.90 Å². The summed E-state index contributed by atoms with van der Waals surface area (Å²) in [6.07, 6.45) is 5.78. The summed E-state index contributed by atoms with van der Waals surface area (Å²) in [7, 11) is 1.82. The Labute approximate surface area is 171 Å². The molecular weight excluding hydrogens is 372 g/mol. The minimum Gasteiger partial charge on any atom is -0.477 e. The second kappa shape index (κ2) is 7.79. The number of likely N-dealkylation sites (N-methyl/N-ethyl adjacent to an activating group) is 1. The average molecular weight is 403 g/mol. The highest BCUT2D eigenvalue weighted by molar-refractivity contribution is 7.15. The Hall–Kier alpha value is -2.00. The van der Waals surface area contributed by atoms with Crippen LogP contribution in [0.5, 0.6) is 0 Å². The van der Waals surface area contributed by atoms with Crippen LogP contribution in [-0.4, -0.2) is 41.1 Å². The molecule has 2 fully saturated rings. The molecule has 2 amide bonds. The molecule has 2 heterocycles. The third-order valence-corrected chi connectivity index (χ3v) is 6.80. The first kappa shape index (κ1) is 20.7. The zero-order chi connectivity index (χ0) is 20.6. The van der Waals surface area contributed by atoms with E-state index >= 15 is 0 Å². The van der Waals surface area contributed by atoms with Gasteiger partial charge in [0.1, 0.15) is 4.88 Å². The number of carbonyl (C=O) groups excluding carboxylic acids is 1. The summed E-state index contributed by atoms with van der Waals surface area (Å²) in [4.78, 5) is 29.5. The lowest BCUT2D eigenvalue weighted by atomic mass is 9.81. The first-order valence-corrected chi connectivity index (χ1v) is 10.9. The number of thiophene rings is 1. The van der Waals surface area contributed by atoms with Crippen LogP contribution in [-0.2, 0) is 0 Å². The molecule has 1 aromatic heterocycles. The fourth-order valence-corrected chi connectivity index (χ4v) is 5.13. The maximum absolute atomic E-state index is 13.1. The molecule has 3 rings (SSSR count). The van der Waals surface area contributed by atoms with Gasteiger partial charge in [-0.15, -0.1) is 11.3 Å². The maximum atomic E-state index is 13.1. The summed E-state index contributed by atoms with van der Waals surface area (Å²) in [5.74, 6) is 5.68. The topological polar surface area (TPSA) is 60.9 Å². The first-order valence-electron chi connectivity index (χ1n) is 10.1. The smallest absolute Gasteiger partial charge is 0.348 e. The van der Waals surface area contributed by atoms with Crippen molar-refractivity contribution in [2.24, 2.45) is 11.3 Å². The van der Waals surface area contributed by atoms with E-state index < -0.39 is 5.97 Å². The molecule has 0 radical (unpaired) electrons. The van der Waals surface area contributed by atoms with Crippen LogP contribution in [0.15, 0.2) is 6.07 Å². The van der Waals surface area contributed by atoms with E-state index in [0.717, 1.165) is 24.2 Å². The number of carboxylic acids is 1. The van der Waals surface area contributed by atoms with Crippen molar-refractivity contribution in [2.45, 2.75) is 71.9 Å². The second-order valence-electron chi connectivity index (χ2n) is 9.02. The van der Waals surface area contributed by atoms with Gasteiger partial charge in [0.15, 0.2) is 0 Å². The van der Waals surface area contributed by atoms with Crippen LogP contribution in [0, 0.1) is 23.2 Å². The quantitative estimate of drug-likeness (QED) is 0.720. The van der Waals surface area contributed by atoms with Gasteiger partial charge >= 0.3 is 12.0 Å². The standard InChI is InChI=1S/C22H30N2O3S/c1-14-18(15-9-7-6-8-10-15)24(21(27)23(14)5)17-13-16(11-12-22(2,3)4)28-19(17)20(25)26/h13-15,18H,6-10H2,1-5H3,(H,25,26)/t14-,18-/m0/s1. The largest absolute Gasteiger partial charge is 0.477 e. The molecule has 1 aliphatic heterocycles. The third-order valence-electron chi connectivity index (χ3n) is 5.77. The van der Waals surface area contributed by atoms with Crippen LogP contribution in [0.3, 0.4) is 0 Å². The van der Waals surface area contributed by atoms with E-state index in [-0.39, 0.29) is 28.4 Å². The van der Waals surface area contributed by atoms with Crippen molar-refractivity contribution in [2.75, 3.05) is 11.9 Å². The average Bonchev–Trinajstić information content (AvgIpc) is 3.15. The van der Waals surface area contributed by atoms with Crippen LogP contribution >= 0.6 is 11.3 Å². The van der Waals surface area contributed by atoms with Crippen LogP contribution in [0.4, 0.5) is 10.5 Å². The molecular formula is C22H30N2O3S. The number of rotatable bonds is 3. The Kier molecular flexibility index (Phi) is 5.77. The molecule has 28 heavy (non-hydrogen) atoms. The minimum atomic E-state index is -0.999. The summed E-state index contributed by atoms with van der Waals surface area (Å²) < 4.78 is 0. The number of aromatic carboxylic acids is 1. The molecule has 2 aliphatic rings. The van der Waals surface area contributed by atoms with Gasteiger partial charge < -0.3 is 10.0 Å². The summed E-state index contributed by atoms with van der Waals surface area (Å²) in [6, 6.07) is 1.75. The van der Waals surface area contributed by atoms with Gasteiger partial charge in [0.25, 0.3) is 0 Å². The first-order chi connectivity index (χ1) is 13.1. The third kappa shape index (κ3) is 4.05. The lowest BCUT2D eigenvalue weighted by molar-refractivity contribution is 0.0702. The molecule has 0 aromatic carbocycles. The lowest BCUT2D eigenvalue weighted by Crippen LogP contribution is -2.43. The van der Waals surface area contributed by atoms with E-state index in [9.17, 15) is 14.7 Å². The van der Waals surface area contributed by atoms with Crippen molar-refractivity contribution >= 4 is 29.0 Å².